The Morgan fingerprint density at radius 2 is 1.85 bits per heavy atom. The van der Waals surface area contributed by atoms with Gasteiger partial charge in [0.05, 0.1) is 17.7 Å². The van der Waals surface area contributed by atoms with Crippen LogP contribution in [0.15, 0.2) is 76.2 Å². The van der Waals surface area contributed by atoms with Crippen LogP contribution in [0.25, 0.3) is 0 Å². The zero-order valence-electron chi connectivity index (χ0n) is 13.5. The van der Waals surface area contributed by atoms with Crippen LogP contribution in [0.4, 0.5) is 5.69 Å². The van der Waals surface area contributed by atoms with Gasteiger partial charge in [-0.1, -0.05) is 12.1 Å². The van der Waals surface area contributed by atoms with E-state index in [1.807, 2.05) is 6.07 Å². The van der Waals surface area contributed by atoms with Crippen LogP contribution in [0.5, 0.6) is 0 Å². The zero-order chi connectivity index (χ0) is 18.6. The van der Waals surface area contributed by atoms with Gasteiger partial charge in [-0.15, -0.1) is 0 Å². The maximum absolute atomic E-state index is 12.4. The second-order valence-electron chi connectivity index (χ2n) is 5.40. The van der Waals surface area contributed by atoms with Crippen LogP contribution in [0.2, 0.25) is 0 Å². The number of furan rings is 1. The number of hydrogen-bond acceptors (Lipinski definition) is 4. The van der Waals surface area contributed by atoms with Gasteiger partial charge in [-0.3, -0.25) is 4.79 Å². The second kappa shape index (κ2) is 8.02. The Hall–Kier alpha value is -2.17. The molecule has 8 heteroatoms. The van der Waals surface area contributed by atoms with Gasteiger partial charge in [0.1, 0.15) is 5.76 Å². The minimum atomic E-state index is -3.73. The van der Waals surface area contributed by atoms with Gasteiger partial charge in [-0.2, -0.15) is 0 Å². The number of anilines is 1. The molecule has 134 valence electrons. The van der Waals surface area contributed by atoms with Crippen LogP contribution in [0.3, 0.4) is 0 Å². The third-order valence-corrected chi connectivity index (χ3v) is 5.58. The number of nitrogens with one attached hydrogen (secondary N) is 2. The molecule has 2 aromatic carbocycles. The minimum Gasteiger partial charge on any atom is -0.468 e. The molecule has 1 heterocycles. The van der Waals surface area contributed by atoms with E-state index >= 15 is 0 Å². The summed E-state index contributed by atoms with van der Waals surface area (Å²) in [6.07, 6.45) is 1.48. The van der Waals surface area contributed by atoms with E-state index in [1.54, 1.807) is 42.5 Å². The Morgan fingerprint density at radius 1 is 1.04 bits per heavy atom. The first kappa shape index (κ1) is 18.6. The number of sulfonamides is 1. The monoisotopic (exact) mass is 482 g/mol. The molecule has 0 aliphatic heterocycles. The van der Waals surface area contributed by atoms with Gasteiger partial charge >= 0.3 is 0 Å². The molecule has 0 radical (unpaired) electrons. The van der Waals surface area contributed by atoms with E-state index < -0.39 is 10.0 Å². The molecular weight excluding hydrogens is 467 g/mol. The first-order valence-corrected chi connectivity index (χ1v) is 10.2. The highest BCUT2D eigenvalue weighted by atomic mass is 127. The molecule has 3 aromatic rings. The largest absolute Gasteiger partial charge is 0.468 e. The van der Waals surface area contributed by atoms with Gasteiger partial charge in [-0.25, -0.2) is 13.1 Å². The summed E-state index contributed by atoms with van der Waals surface area (Å²) in [4.78, 5) is 12.4. The highest BCUT2D eigenvalue weighted by Crippen LogP contribution is 2.17. The lowest BCUT2D eigenvalue weighted by molar-refractivity contribution is 0.102. The topological polar surface area (TPSA) is 88.4 Å². The number of hydrogen-bond donors (Lipinski definition) is 2. The predicted octanol–water partition coefficient (Wildman–Crippen LogP) is 3.62. The highest BCUT2D eigenvalue weighted by molar-refractivity contribution is 14.1. The van der Waals surface area contributed by atoms with Crippen molar-refractivity contribution in [3.8, 4) is 0 Å². The average molecular weight is 482 g/mol. The van der Waals surface area contributed by atoms with Crippen LogP contribution in [0, 0.1) is 3.57 Å². The molecule has 0 aliphatic carbocycles. The molecule has 1 aromatic heterocycles. The fourth-order valence-corrected chi connectivity index (χ4v) is 3.82. The number of amides is 1. The van der Waals surface area contributed by atoms with Crippen molar-refractivity contribution in [2.45, 2.75) is 11.4 Å². The van der Waals surface area contributed by atoms with Gasteiger partial charge in [0.15, 0.2) is 0 Å². The summed E-state index contributed by atoms with van der Waals surface area (Å²) < 4.78 is 33.3. The number of halogens is 1. The standard InChI is InChI=1S/C18H15IN2O4S/c19-14-5-1-4-13(10-14)18(22)21-15-6-2-8-17(11-15)26(23,24)20-12-16-7-3-9-25-16/h1-11,20H,12H2,(H,21,22). The fraction of sp³-hybridized carbons (Fsp3) is 0.0556. The lowest BCUT2D eigenvalue weighted by atomic mass is 10.2. The normalized spacial score (nSPS) is 11.3. The average Bonchev–Trinajstić information content (AvgIpc) is 3.14. The van der Waals surface area contributed by atoms with E-state index in [9.17, 15) is 13.2 Å². The lowest BCUT2D eigenvalue weighted by Crippen LogP contribution is -2.23. The molecule has 0 saturated carbocycles. The van der Waals surface area contributed by atoms with Crippen molar-refractivity contribution in [2.24, 2.45) is 0 Å². The number of rotatable bonds is 6. The zero-order valence-corrected chi connectivity index (χ0v) is 16.5. The summed E-state index contributed by atoms with van der Waals surface area (Å²) >= 11 is 2.12. The highest BCUT2D eigenvalue weighted by Gasteiger charge is 2.15. The summed E-state index contributed by atoms with van der Waals surface area (Å²) in [6, 6.07) is 16.6. The Kier molecular flexibility index (Phi) is 5.74. The number of benzene rings is 2. The van der Waals surface area contributed by atoms with Crippen molar-refractivity contribution in [3.63, 3.8) is 0 Å². The maximum Gasteiger partial charge on any atom is 0.255 e. The van der Waals surface area contributed by atoms with Crippen molar-refractivity contribution in [2.75, 3.05) is 5.32 Å². The smallest absolute Gasteiger partial charge is 0.255 e. The second-order valence-corrected chi connectivity index (χ2v) is 8.41. The van der Waals surface area contributed by atoms with Crippen molar-refractivity contribution in [1.82, 2.24) is 4.72 Å². The van der Waals surface area contributed by atoms with Crippen molar-refractivity contribution >= 4 is 44.2 Å². The third kappa shape index (κ3) is 4.71. The summed E-state index contributed by atoms with van der Waals surface area (Å²) in [5.74, 6) is 0.207. The van der Waals surface area contributed by atoms with E-state index in [1.165, 1.54) is 18.4 Å². The van der Waals surface area contributed by atoms with Crippen molar-refractivity contribution in [3.05, 3.63) is 81.8 Å². The van der Waals surface area contributed by atoms with Crippen LogP contribution in [0.1, 0.15) is 16.1 Å². The van der Waals surface area contributed by atoms with Gasteiger partial charge in [0.2, 0.25) is 10.0 Å². The molecule has 0 unspecified atom stereocenters. The van der Waals surface area contributed by atoms with Gasteiger partial charge in [0.25, 0.3) is 5.91 Å². The third-order valence-electron chi connectivity index (χ3n) is 3.51. The molecule has 26 heavy (non-hydrogen) atoms. The molecule has 0 atom stereocenters. The summed E-state index contributed by atoms with van der Waals surface area (Å²) in [6.45, 7) is 0.0500. The Labute approximate surface area is 164 Å². The molecule has 3 rings (SSSR count). The Bertz CT molecular complexity index is 1020. The minimum absolute atomic E-state index is 0.0500. The summed E-state index contributed by atoms with van der Waals surface area (Å²) in [5, 5.41) is 2.71. The van der Waals surface area contributed by atoms with Crippen LogP contribution in [-0.2, 0) is 16.6 Å². The Morgan fingerprint density at radius 3 is 2.58 bits per heavy atom. The number of carbonyl (C=O) groups is 1. The van der Waals surface area contributed by atoms with Crippen molar-refractivity contribution < 1.29 is 17.6 Å². The molecular formula is C18H15IN2O4S. The molecule has 6 nitrogen and oxygen atoms in total. The van der Waals surface area contributed by atoms with E-state index in [0.717, 1.165) is 3.57 Å². The van der Waals surface area contributed by atoms with E-state index in [2.05, 4.69) is 32.6 Å². The van der Waals surface area contributed by atoms with Gasteiger partial charge < -0.3 is 9.73 Å². The van der Waals surface area contributed by atoms with Gasteiger partial charge in [-0.05, 0) is 71.1 Å². The summed E-state index contributed by atoms with van der Waals surface area (Å²) in [7, 11) is -3.73. The quantitative estimate of drug-likeness (QED) is 0.526. The Balaban J connectivity index is 1.74. The first-order chi connectivity index (χ1) is 12.4. The molecule has 0 saturated heterocycles. The van der Waals surface area contributed by atoms with E-state index in [-0.39, 0.29) is 17.3 Å². The predicted molar refractivity (Wildman–Crippen MR) is 106 cm³/mol. The number of carbonyl (C=O) groups excluding carboxylic acids is 1. The maximum atomic E-state index is 12.4. The summed E-state index contributed by atoms with van der Waals surface area (Å²) in [5.41, 5.74) is 0.899. The molecule has 0 bridgehead atoms. The van der Waals surface area contributed by atoms with E-state index in [0.29, 0.717) is 17.0 Å². The first-order valence-electron chi connectivity index (χ1n) is 7.63. The van der Waals surface area contributed by atoms with E-state index in [4.69, 9.17) is 4.42 Å². The molecule has 0 spiro atoms. The van der Waals surface area contributed by atoms with Gasteiger partial charge in [0, 0.05) is 14.8 Å². The molecule has 1 amide bonds. The fourth-order valence-electron chi connectivity index (χ4n) is 2.24. The van der Waals surface area contributed by atoms with Crippen LogP contribution >= 0.6 is 22.6 Å². The van der Waals surface area contributed by atoms with Crippen LogP contribution < -0.4 is 10.0 Å². The molecule has 2 N–H and O–H groups in total. The van der Waals surface area contributed by atoms with Crippen molar-refractivity contribution in [1.29, 1.82) is 0 Å². The van der Waals surface area contributed by atoms with Crippen LogP contribution in [-0.4, -0.2) is 14.3 Å². The SMILES string of the molecule is O=C(Nc1cccc(S(=O)(=O)NCc2ccco2)c1)c1cccc(I)c1. The molecule has 0 aliphatic rings. The lowest BCUT2D eigenvalue weighted by Gasteiger charge is -2.09. The molecule has 0 fully saturated rings.